The molecule has 0 aliphatic rings. The van der Waals surface area contributed by atoms with Gasteiger partial charge in [-0.05, 0) is 49.7 Å². The van der Waals surface area contributed by atoms with E-state index in [1.807, 2.05) is 26.0 Å². The summed E-state index contributed by atoms with van der Waals surface area (Å²) < 4.78 is 30.1. The Morgan fingerprint density at radius 2 is 1.67 bits per heavy atom. The van der Waals surface area contributed by atoms with Crippen LogP contribution in [0.15, 0.2) is 47.4 Å². The predicted octanol–water partition coefficient (Wildman–Crippen LogP) is 2.35. The van der Waals surface area contributed by atoms with E-state index in [9.17, 15) is 18.0 Å². The minimum absolute atomic E-state index is 0.0663. The Morgan fingerprint density at radius 3 is 2.22 bits per heavy atom. The number of aryl methyl sites for hydroxylation is 2. The lowest BCUT2D eigenvalue weighted by molar-refractivity contribution is -0.119. The summed E-state index contributed by atoms with van der Waals surface area (Å²) in [6.07, 6.45) is 0. The molecule has 27 heavy (non-hydrogen) atoms. The molecule has 2 rings (SSSR count). The highest BCUT2D eigenvalue weighted by Crippen LogP contribution is 2.16. The number of nitrogens with zero attached hydrogens (tertiary/aromatic N) is 1. The van der Waals surface area contributed by atoms with Crippen molar-refractivity contribution < 1.29 is 22.7 Å². The van der Waals surface area contributed by atoms with Gasteiger partial charge in [-0.25, -0.2) is 17.5 Å². The van der Waals surface area contributed by atoms with Gasteiger partial charge in [0.1, 0.15) is 0 Å². The highest BCUT2D eigenvalue weighted by Gasteiger charge is 2.18. The number of amides is 1. The van der Waals surface area contributed by atoms with Crippen LogP contribution in [-0.2, 0) is 19.6 Å². The molecule has 0 unspecified atom stereocenters. The van der Waals surface area contributed by atoms with E-state index in [1.165, 1.54) is 38.4 Å². The maximum Gasteiger partial charge on any atom is 0.338 e. The van der Waals surface area contributed by atoms with E-state index >= 15 is 0 Å². The van der Waals surface area contributed by atoms with Crippen molar-refractivity contribution in [1.29, 1.82) is 0 Å². The van der Waals surface area contributed by atoms with Crippen LogP contribution in [0.2, 0.25) is 0 Å². The Bertz CT molecular complexity index is 951. The van der Waals surface area contributed by atoms with Gasteiger partial charge in [0.15, 0.2) is 6.61 Å². The summed E-state index contributed by atoms with van der Waals surface area (Å²) in [6.45, 7) is 3.39. The number of rotatable bonds is 6. The molecule has 7 nitrogen and oxygen atoms in total. The van der Waals surface area contributed by atoms with Crippen molar-refractivity contribution in [2.24, 2.45) is 0 Å². The number of ether oxygens (including phenoxy) is 1. The summed E-state index contributed by atoms with van der Waals surface area (Å²) in [7, 11) is -0.725. The first-order chi connectivity index (χ1) is 12.6. The molecule has 0 aromatic heterocycles. The summed E-state index contributed by atoms with van der Waals surface area (Å²) in [5.41, 5.74) is 2.80. The van der Waals surface area contributed by atoms with Gasteiger partial charge in [-0.15, -0.1) is 0 Å². The normalized spacial score (nSPS) is 11.3. The van der Waals surface area contributed by atoms with Crippen molar-refractivity contribution in [2.75, 3.05) is 26.0 Å². The van der Waals surface area contributed by atoms with Crippen molar-refractivity contribution >= 4 is 27.6 Å². The third-order valence-corrected chi connectivity index (χ3v) is 5.69. The van der Waals surface area contributed by atoms with Crippen LogP contribution in [0.3, 0.4) is 0 Å². The molecule has 0 aliphatic carbocycles. The molecule has 0 atom stereocenters. The van der Waals surface area contributed by atoms with Gasteiger partial charge in [0.05, 0.1) is 10.5 Å². The largest absolute Gasteiger partial charge is 0.452 e. The van der Waals surface area contributed by atoms with E-state index in [0.29, 0.717) is 5.69 Å². The van der Waals surface area contributed by atoms with Gasteiger partial charge in [0.2, 0.25) is 10.0 Å². The van der Waals surface area contributed by atoms with Gasteiger partial charge >= 0.3 is 5.97 Å². The van der Waals surface area contributed by atoms with Crippen LogP contribution >= 0.6 is 0 Å². The minimum atomic E-state index is -3.57. The monoisotopic (exact) mass is 390 g/mol. The van der Waals surface area contributed by atoms with Crippen molar-refractivity contribution in [3.05, 3.63) is 59.2 Å². The van der Waals surface area contributed by atoms with Gasteiger partial charge < -0.3 is 10.1 Å². The van der Waals surface area contributed by atoms with Crippen LogP contribution in [0.5, 0.6) is 0 Å². The Balaban J connectivity index is 1.96. The third kappa shape index (κ3) is 5.15. The number of carbonyl (C=O) groups excluding carboxylic acids is 2. The Hall–Kier alpha value is -2.71. The highest BCUT2D eigenvalue weighted by molar-refractivity contribution is 7.89. The first-order valence-corrected chi connectivity index (χ1v) is 9.62. The molecule has 0 fully saturated rings. The lowest BCUT2D eigenvalue weighted by Gasteiger charge is -2.12. The molecule has 0 saturated heterocycles. The number of nitrogens with one attached hydrogen (secondary N) is 1. The van der Waals surface area contributed by atoms with E-state index in [-0.39, 0.29) is 10.5 Å². The van der Waals surface area contributed by atoms with Crippen molar-refractivity contribution in [3.63, 3.8) is 0 Å². The van der Waals surface area contributed by atoms with Gasteiger partial charge in [0, 0.05) is 19.8 Å². The number of esters is 1. The van der Waals surface area contributed by atoms with Gasteiger partial charge in [-0.2, -0.15) is 0 Å². The average molecular weight is 390 g/mol. The summed E-state index contributed by atoms with van der Waals surface area (Å²) in [5.74, 6) is -1.17. The van der Waals surface area contributed by atoms with Crippen LogP contribution in [-0.4, -0.2) is 45.3 Å². The Kier molecular flexibility index (Phi) is 6.35. The second kappa shape index (κ2) is 8.32. The number of anilines is 1. The minimum Gasteiger partial charge on any atom is -0.452 e. The molecule has 1 N–H and O–H groups in total. The zero-order valence-corrected chi connectivity index (χ0v) is 16.5. The molecule has 8 heteroatoms. The summed E-state index contributed by atoms with van der Waals surface area (Å²) in [4.78, 5) is 24.1. The van der Waals surface area contributed by atoms with E-state index in [2.05, 4.69) is 5.32 Å². The number of sulfonamides is 1. The van der Waals surface area contributed by atoms with E-state index in [1.54, 1.807) is 6.07 Å². The lowest BCUT2D eigenvalue weighted by Crippen LogP contribution is -2.22. The molecule has 0 saturated carbocycles. The zero-order chi connectivity index (χ0) is 20.2. The van der Waals surface area contributed by atoms with Gasteiger partial charge in [0.25, 0.3) is 5.91 Å². The number of benzene rings is 2. The Labute approximate surface area is 159 Å². The first kappa shape index (κ1) is 20.6. The quantitative estimate of drug-likeness (QED) is 0.765. The molecule has 144 valence electrons. The number of hydrogen-bond donors (Lipinski definition) is 1. The van der Waals surface area contributed by atoms with Crippen LogP contribution < -0.4 is 5.32 Å². The molecular formula is C19H22N2O5S. The third-order valence-electron chi connectivity index (χ3n) is 3.86. The smallest absolute Gasteiger partial charge is 0.338 e. The highest BCUT2D eigenvalue weighted by atomic mass is 32.2. The number of hydrogen-bond acceptors (Lipinski definition) is 5. The first-order valence-electron chi connectivity index (χ1n) is 8.18. The summed E-state index contributed by atoms with van der Waals surface area (Å²) in [5, 5.41) is 2.68. The van der Waals surface area contributed by atoms with Crippen molar-refractivity contribution in [3.8, 4) is 0 Å². The molecule has 0 heterocycles. The Morgan fingerprint density at radius 1 is 1.04 bits per heavy atom. The predicted molar refractivity (Wildman–Crippen MR) is 102 cm³/mol. The van der Waals surface area contributed by atoms with Crippen LogP contribution in [0, 0.1) is 13.8 Å². The van der Waals surface area contributed by atoms with E-state index in [0.717, 1.165) is 15.4 Å². The fourth-order valence-electron chi connectivity index (χ4n) is 2.33. The molecule has 0 bridgehead atoms. The molecule has 2 aromatic carbocycles. The van der Waals surface area contributed by atoms with E-state index in [4.69, 9.17) is 4.74 Å². The number of carbonyl (C=O) groups is 2. The SMILES string of the molecule is Cc1ccc(NC(=O)COC(=O)c2ccc(S(=O)(=O)N(C)C)cc2)c(C)c1. The molecule has 0 radical (unpaired) electrons. The maximum atomic E-state index is 12.0. The summed E-state index contributed by atoms with van der Waals surface area (Å²) >= 11 is 0. The van der Waals surface area contributed by atoms with Crippen LogP contribution in [0.25, 0.3) is 0 Å². The molecular weight excluding hydrogens is 368 g/mol. The zero-order valence-electron chi connectivity index (χ0n) is 15.6. The van der Waals surface area contributed by atoms with Gasteiger partial charge in [-0.3, -0.25) is 4.79 Å². The molecule has 0 aliphatic heterocycles. The summed E-state index contributed by atoms with van der Waals surface area (Å²) in [6, 6.07) is 10.9. The fourth-order valence-corrected chi connectivity index (χ4v) is 3.23. The molecule has 1 amide bonds. The maximum absolute atomic E-state index is 12.0. The van der Waals surface area contributed by atoms with E-state index < -0.39 is 28.5 Å². The lowest BCUT2D eigenvalue weighted by atomic mass is 10.1. The molecule has 2 aromatic rings. The second-order valence-corrected chi connectivity index (χ2v) is 8.41. The van der Waals surface area contributed by atoms with Crippen molar-refractivity contribution in [2.45, 2.75) is 18.7 Å². The second-order valence-electron chi connectivity index (χ2n) is 6.25. The molecule has 0 spiro atoms. The average Bonchev–Trinajstić information content (AvgIpc) is 2.62. The standard InChI is InChI=1S/C19H22N2O5S/c1-13-5-10-17(14(2)11-13)20-18(22)12-26-19(23)15-6-8-16(9-7-15)27(24,25)21(3)4/h5-11H,12H2,1-4H3,(H,20,22). The van der Waals surface area contributed by atoms with Crippen molar-refractivity contribution in [1.82, 2.24) is 4.31 Å². The van der Waals surface area contributed by atoms with Gasteiger partial charge in [-0.1, -0.05) is 17.7 Å². The van der Waals surface area contributed by atoms with Crippen LogP contribution in [0.1, 0.15) is 21.5 Å². The fraction of sp³-hybridized carbons (Fsp3) is 0.263. The topological polar surface area (TPSA) is 92.8 Å². The van der Waals surface area contributed by atoms with Crippen LogP contribution in [0.4, 0.5) is 5.69 Å².